The lowest BCUT2D eigenvalue weighted by Crippen LogP contribution is -1.94. The Hall–Kier alpha value is -3.09. The molecule has 0 saturated carbocycles. The highest BCUT2D eigenvalue weighted by molar-refractivity contribution is 5.80. The Kier molecular flexibility index (Phi) is 3.38. The molecule has 0 aliphatic carbocycles. The number of nitrogens with zero attached hydrogens (tertiary/aromatic N) is 2. The molecule has 0 saturated heterocycles. The number of pyridine rings is 1. The summed E-state index contributed by atoms with van der Waals surface area (Å²) in [5.74, 6) is -1.81. The van der Waals surface area contributed by atoms with Crippen molar-refractivity contribution in [2.75, 3.05) is 0 Å². The van der Waals surface area contributed by atoms with Crippen LogP contribution in [-0.2, 0) is 0 Å². The minimum absolute atomic E-state index is 0.0382. The van der Waals surface area contributed by atoms with Gasteiger partial charge in [-0.3, -0.25) is 10.1 Å². The van der Waals surface area contributed by atoms with Crippen molar-refractivity contribution in [2.24, 2.45) is 0 Å². The summed E-state index contributed by atoms with van der Waals surface area (Å²) in [5.41, 5.74) is -0.331. The number of benzene rings is 2. The Bertz CT molecular complexity index is 884. The smallest absolute Gasteiger partial charge is 0.311 e. The van der Waals surface area contributed by atoms with Crippen LogP contribution in [0.2, 0.25) is 0 Å². The van der Waals surface area contributed by atoms with Crippen LogP contribution in [0.3, 0.4) is 0 Å². The van der Waals surface area contributed by atoms with Gasteiger partial charge in [0.05, 0.1) is 11.1 Å². The maximum absolute atomic E-state index is 13.6. The zero-order chi connectivity index (χ0) is 15.7. The SMILES string of the molecule is O=[N+]([O-])c1ccccc1Oc1cnc2c(F)c(F)ccc2c1. The van der Waals surface area contributed by atoms with Gasteiger partial charge in [-0.15, -0.1) is 0 Å². The van der Waals surface area contributed by atoms with Crippen molar-refractivity contribution in [1.82, 2.24) is 4.98 Å². The van der Waals surface area contributed by atoms with E-state index in [1.54, 1.807) is 6.07 Å². The molecule has 110 valence electrons. The molecule has 3 aromatic rings. The van der Waals surface area contributed by atoms with Gasteiger partial charge >= 0.3 is 5.69 Å². The molecule has 1 heterocycles. The molecule has 22 heavy (non-hydrogen) atoms. The van der Waals surface area contributed by atoms with Crippen LogP contribution < -0.4 is 4.74 Å². The predicted molar refractivity (Wildman–Crippen MR) is 74.8 cm³/mol. The summed E-state index contributed by atoms with van der Waals surface area (Å²) < 4.78 is 32.1. The minimum Gasteiger partial charge on any atom is -0.448 e. The molecule has 0 aliphatic heterocycles. The molecule has 0 fully saturated rings. The van der Waals surface area contributed by atoms with E-state index in [1.807, 2.05) is 0 Å². The first-order chi connectivity index (χ1) is 10.6. The molecule has 5 nitrogen and oxygen atoms in total. The molecular weight excluding hydrogens is 294 g/mol. The zero-order valence-electron chi connectivity index (χ0n) is 11.0. The number of ether oxygens (including phenoxy) is 1. The summed E-state index contributed by atoms with van der Waals surface area (Å²) in [4.78, 5) is 14.2. The van der Waals surface area contributed by atoms with Gasteiger partial charge in [0.2, 0.25) is 5.75 Å². The Morgan fingerprint density at radius 1 is 1.14 bits per heavy atom. The molecular formula is C15H8F2N2O3. The van der Waals surface area contributed by atoms with E-state index in [1.165, 1.54) is 36.5 Å². The number of fused-ring (bicyclic) bond motifs is 1. The number of hydrogen-bond donors (Lipinski definition) is 0. The number of rotatable bonds is 3. The van der Waals surface area contributed by atoms with Gasteiger partial charge in [-0.2, -0.15) is 0 Å². The van der Waals surface area contributed by atoms with Crippen LogP contribution in [0.25, 0.3) is 10.9 Å². The number of hydrogen-bond acceptors (Lipinski definition) is 4. The minimum atomic E-state index is -1.05. The van der Waals surface area contributed by atoms with Gasteiger partial charge < -0.3 is 4.74 Å². The molecule has 2 aromatic carbocycles. The highest BCUT2D eigenvalue weighted by Crippen LogP contribution is 2.32. The number of nitro benzene ring substituents is 1. The fourth-order valence-electron chi connectivity index (χ4n) is 2.00. The summed E-state index contributed by atoms with van der Waals surface area (Å²) in [5, 5.41) is 11.3. The number of para-hydroxylation sites is 2. The van der Waals surface area contributed by atoms with E-state index < -0.39 is 16.6 Å². The number of nitro groups is 1. The Labute approximate surface area is 122 Å². The molecule has 1 aromatic heterocycles. The third kappa shape index (κ3) is 2.44. The summed E-state index contributed by atoms with van der Waals surface area (Å²) in [6, 6.07) is 9.61. The maximum atomic E-state index is 13.6. The van der Waals surface area contributed by atoms with Gasteiger partial charge in [-0.1, -0.05) is 12.1 Å². The number of halogens is 2. The third-order valence-corrected chi connectivity index (χ3v) is 3.01. The van der Waals surface area contributed by atoms with Crippen LogP contribution in [-0.4, -0.2) is 9.91 Å². The zero-order valence-corrected chi connectivity index (χ0v) is 11.0. The molecule has 0 N–H and O–H groups in total. The van der Waals surface area contributed by atoms with Crippen LogP contribution in [0, 0.1) is 21.7 Å². The topological polar surface area (TPSA) is 65.3 Å². The Morgan fingerprint density at radius 2 is 1.91 bits per heavy atom. The van der Waals surface area contributed by atoms with E-state index in [-0.39, 0.29) is 22.7 Å². The van der Waals surface area contributed by atoms with Gasteiger partial charge in [0.25, 0.3) is 0 Å². The maximum Gasteiger partial charge on any atom is 0.311 e. The largest absolute Gasteiger partial charge is 0.448 e. The van der Waals surface area contributed by atoms with Crippen LogP contribution in [0.5, 0.6) is 11.5 Å². The van der Waals surface area contributed by atoms with Gasteiger partial charge in [0, 0.05) is 11.5 Å². The van der Waals surface area contributed by atoms with Crippen molar-refractivity contribution < 1.29 is 18.4 Å². The van der Waals surface area contributed by atoms with Crippen molar-refractivity contribution >= 4 is 16.6 Å². The third-order valence-electron chi connectivity index (χ3n) is 3.01. The van der Waals surface area contributed by atoms with E-state index in [0.717, 1.165) is 6.07 Å². The van der Waals surface area contributed by atoms with Crippen molar-refractivity contribution in [2.45, 2.75) is 0 Å². The predicted octanol–water partition coefficient (Wildman–Crippen LogP) is 4.21. The molecule has 0 amide bonds. The highest BCUT2D eigenvalue weighted by atomic mass is 19.2. The second kappa shape index (κ2) is 5.36. The molecule has 0 aliphatic rings. The van der Waals surface area contributed by atoms with Crippen molar-refractivity contribution in [3.05, 3.63) is 70.4 Å². The molecule has 0 spiro atoms. The molecule has 7 heteroatoms. The first-order valence-electron chi connectivity index (χ1n) is 6.21. The fourth-order valence-corrected chi connectivity index (χ4v) is 2.00. The molecule has 3 rings (SSSR count). The fraction of sp³-hybridized carbons (Fsp3) is 0. The monoisotopic (exact) mass is 302 g/mol. The molecule has 0 bridgehead atoms. The van der Waals surface area contributed by atoms with Crippen molar-refractivity contribution in [3.63, 3.8) is 0 Å². The van der Waals surface area contributed by atoms with E-state index in [0.29, 0.717) is 5.39 Å². The first kappa shape index (κ1) is 13.9. The second-order valence-corrected chi connectivity index (χ2v) is 4.43. The Morgan fingerprint density at radius 3 is 2.68 bits per heavy atom. The van der Waals surface area contributed by atoms with Gasteiger partial charge in [-0.25, -0.2) is 13.8 Å². The average Bonchev–Trinajstić information content (AvgIpc) is 2.51. The van der Waals surface area contributed by atoms with E-state index in [2.05, 4.69) is 4.98 Å². The molecule has 0 atom stereocenters. The lowest BCUT2D eigenvalue weighted by atomic mass is 10.2. The Balaban J connectivity index is 2.02. The average molecular weight is 302 g/mol. The van der Waals surface area contributed by atoms with Gasteiger partial charge in [0.1, 0.15) is 11.3 Å². The summed E-state index contributed by atoms with van der Waals surface area (Å²) in [7, 11) is 0. The highest BCUT2D eigenvalue weighted by Gasteiger charge is 2.15. The van der Waals surface area contributed by atoms with Crippen LogP contribution in [0.1, 0.15) is 0 Å². The standard InChI is InChI=1S/C15H8F2N2O3/c16-11-6-5-9-7-10(8-18-15(9)14(11)17)22-13-4-2-1-3-12(13)19(20)21/h1-8H. The lowest BCUT2D eigenvalue weighted by molar-refractivity contribution is -0.385. The van der Waals surface area contributed by atoms with Crippen LogP contribution in [0.15, 0.2) is 48.7 Å². The van der Waals surface area contributed by atoms with Crippen LogP contribution >= 0.6 is 0 Å². The van der Waals surface area contributed by atoms with E-state index in [9.17, 15) is 18.9 Å². The van der Waals surface area contributed by atoms with Crippen LogP contribution in [0.4, 0.5) is 14.5 Å². The lowest BCUT2D eigenvalue weighted by Gasteiger charge is -2.07. The first-order valence-corrected chi connectivity index (χ1v) is 6.21. The van der Waals surface area contributed by atoms with Crippen molar-refractivity contribution in [3.8, 4) is 11.5 Å². The van der Waals surface area contributed by atoms with E-state index in [4.69, 9.17) is 4.74 Å². The van der Waals surface area contributed by atoms with Gasteiger partial charge in [-0.05, 0) is 24.3 Å². The summed E-state index contributed by atoms with van der Waals surface area (Å²) in [6.07, 6.45) is 1.18. The molecule has 0 radical (unpaired) electrons. The van der Waals surface area contributed by atoms with Gasteiger partial charge in [0.15, 0.2) is 11.6 Å². The van der Waals surface area contributed by atoms with Crippen molar-refractivity contribution in [1.29, 1.82) is 0 Å². The normalized spacial score (nSPS) is 10.6. The quantitative estimate of drug-likeness (QED) is 0.537. The summed E-state index contributed by atoms with van der Waals surface area (Å²) in [6.45, 7) is 0. The molecule has 0 unspecified atom stereocenters. The summed E-state index contributed by atoms with van der Waals surface area (Å²) >= 11 is 0. The number of aromatic nitrogens is 1. The second-order valence-electron chi connectivity index (χ2n) is 4.43. The van der Waals surface area contributed by atoms with E-state index >= 15 is 0 Å².